The maximum absolute atomic E-state index is 12.8. The van der Waals surface area contributed by atoms with Crippen molar-refractivity contribution in [3.8, 4) is 11.5 Å². The molecule has 2 amide bonds. The van der Waals surface area contributed by atoms with Crippen molar-refractivity contribution < 1.29 is 19.1 Å². The Hall–Kier alpha value is -2.24. The van der Waals surface area contributed by atoms with Crippen LogP contribution in [0.25, 0.3) is 0 Å². The number of rotatable bonds is 6. The summed E-state index contributed by atoms with van der Waals surface area (Å²) in [7, 11) is 3.12. The monoisotopic (exact) mass is 348 g/mol. The van der Waals surface area contributed by atoms with Crippen LogP contribution in [0.1, 0.15) is 43.5 Å². The number of hydrogen-bond acceptors (Lipinski definition) is 4. The first-order valence-corrected chi connectivity index (χ1v) is 8.81. The van der Waals surface area contributed by atoms with Gasteiger partial charge in [0, 0.05) is 36.7 Å². The second-order valence-electron chi connectivity index (χ2n) is 6.49. The van der Waals surface area contributed by atoms with E-state index in [-0.39, 0.29) is 23.8 Å². The van der Waals surface area contributed by atoms with E-state index in [0.29, 0.717) is 43.0 Å². The molecule has 1 N–H and O–H groups in total. The first kappa shape index (κ1) is 19.1. The topological polar surface area (TPSA) is 67.9 Å². The number of piperidine rings is 1. The Balaban J connectivity index is 1.98. The van der Waals surface area contributed by atoms with Crippen LogP contribution in [0.2, 0.25) is 0 Å². The van der Waals surface area contributed by atoms with Crippen molar-refractivity contribution in [3.63, 3.8) is 0 Å². The molecular formula is C19H28N2O4. The molecule has 0 saturated carbocycles. The lowest BCUT2D eigenvalue weighted by molar-refractivity contribution is -0.126. The van der Waals surface area contributed by atoms with Crippen molar-refractivity contribution >= 4 is 11.8 Å². The Kier molecular flexibility index (Phi) is 6.67. The summed E-state index contributed by atoms with van der Waals surface area (Å²) in [5, 5.41) is 3.03. The maximum atomic E-state index is 12.8. The van der Waals surface area contributed by atoms with E-state index in [1.165, 1.54) is 0 Å². The molecule has 1 aliphatic rings. The molecule has 6 heteroatoms. The highest BCUT2D eigenvalue weighted by Crippen LogP contribution is 2.25. The second-order valence-corrected chi connectivity index (χ2v) is 6.49. The fourth-order valence-electron chi connectivity index (χ4n) is 2.92. The van der Waals surface area contributed by atoms with Crippen LogP contribution in [-0.4, -0.2) is 50.1 Å². The molecule has 1 saturated heterocycles. The van der Waals surface area contributed by atoms with Gasteiger partial charge in [0.2, 0.25) is 5.91 Å². The van der Waals surface area contributed by atoms with Crippen LogP contribution in [0.5, 0.6) is 11.5 Å². The molecule has 1 aromatic rings. The number of carbonyl (C=O) groups is 2. The van der Waals surface area contributed by atoms with Gasteiger partial charge in [0.25, 0.3) is 5.91 Å². The molecule has 6 nitrogen and oxygen atoms in total. The zero-order valence-electron chi connectivity index (χ0n) is 15.5. The lowest BCUT2D eigenvalue weighted by Gasteiger charge is -2.32. The van der Waals surface area contributed by atoms with Crippen molar-refractivity contribution in [2.75, 3.05) is 27.3 Å². The standard InChI is InChI=1S/C19H28N2O4/c1-5-13(2)20-18(22)14-6-8-21(9-7-14)19(23)15-10-16(24-3)12-17(11-15)25-4/h10-14H,5-9H2,1-4H3,(H,20,22)/t13-/m1/s1. The van der Waals surface area contributed by atoms with Crippen LogP contribution in [0.4, 0.5) is 0 Å². The molecule has 0 bridgehead atoms. The molecule has 1 atom stereocenters. The first-order chi connectivity index (χ1) is 12.0. The minimum atomic E-state index is -0.0574. The van der Waals surface area contributed by atoms with Crippen molar-refractivity contribution in [3.05, 3.63) is 23.8 Å². The smallest absolute Gasteiger partial charge is 0.254 e. The van der Waals surface area contributed by atoms with Gasteiger partial charge in [-0.25, -0.2) is 0 Å². The second kappa shape index (κ2) is 8.74. The Morgan fingerprint density at radius 3 is 2.20 bits per heavy atom. The minimum Gasteiger partial charge on any atom is -0.497 e. The quantitative estimate of drug-likeness (QED) is 0.857. The van der Waals surface area contributed by atoms with Crippen LogP contribution >= 0.6 is 0 Å². The van der Waals surface area contributed by atoms with Gasteiger partial charge in [-0.15, -0.1) is 0 Å². The summed E-state index contributed by atoms with van der Waals surface area (Å²) >= 11 is 0. The normalized spacial score (nSPS) is 16.2. The van der Waals surface area contributed by atoms with E-state index >= 15 is 0 Å². The highest BCUT2D eigenvalue weighted by molar-refractivity contribution is 5.95. The summed E-state index contributed by atoms with van der Waals surface area (Å²) in [6, 6.07) is 5.36. The van der Waals surface area contributed by atoms with Crippen LogP contribution < -0.4 is 14.8 Å². The number of benzene rings is 1. The Bertz CT molecular complexity index is 587. The summed E-state index contributed by atoms with van der Waals surface area (Å²) in [4.78, 5) is 26.8. The highest BCUT2D eigenvalue weighted by Gasteiger charge is 2.28. The summed E-state index contributed by atoms with van der Waals surface area (Å²) in [5.74, 6) is 1.21. The lowest BCUT2D eigenvalue weighted by atomic mass is 9.95. The van der Waals surface area contributed by atoms with Crippen LogP contribution in [0.3, 0.4) is 0 Å². The third kappa shape index (κ3) is 4.87. The van der Waals surface area contributed by atoms with E-state index in [4.69, 9.17) is 9.47 Å². The third-order valence-corrected chi connectivity index (χ3v) is 4.75. The zero-order valence-corrected chi connectivity index (χ0v) is 15.5. The van der Waals surface area contributed by atoms with Gasteiger partial charge >= 0.3 is 0 Å². The van der Waals surface area contributed by atoms with Crippen molar-refractivity contribution in [1.29, 1.82) is 0 Å². The lowest BCUT2D eigenvalue weighted by Crippen LogP contribution is -2.44. The number of hydrogen-bond donors (Lipinski definition) is 1. The van der Waals surface area contributed by atoms with E-state index in [9.17, 15) is 9.59 Å². The van der Waals surface area contributed by atoms with Gasteiger partial charge in [0.15, 0.2) is 0 Å². The molecule has 2 rings (SSSR count). The number of likely N-dealkylation sites (tertiary alicyclic amines) is 1. The average Bonchev–Trinajstić information content (AvgIpc) is 2.66. The van der Waals surface area contributed by atoms with Gasteiger partial charge in [0.05, 0.1) is 14.2 Å². The Morgan fingerprint density at radius 2 is 1.72 bits per heavy atom. The van der Waals surface area contributed by atoms with E-state index in [1.54, 1.807) is 37.3 Å². The van der Waals surface area contributed by atoms with Gasteiger partial charge in [-0.1, -0.05) is 6.92 Å². The molecule has 0 radical (unpaired) electrons. The molecule has 0 spiro atoms. The van der Waals surface area contributed by atoms with E-state index in [0.717, 1.165) is 6.42 Å². The predicted molar refractivity (Wildman–Crippen MR) is 96.1 cm³/mol. The molecule has 0 aromatic heterocycles. The third-order valence-electron chi connectivity index (χ3n) is 4.75. The summed E-state index contributed by atoms with van der Waals surface area (Å²) < 4.78 is 10.5. The fraction of sp³-hybridized carbons (Fsp3) is 0.579. The highest BCUT2D eigenvalue weighted by atomic mass is 16.5. The Morgan fingerprint density at radius 1 is 1.16 bits per heavy atom. The van der Waals surface area contributed by atoms with Crippen molar-refractivity contribution in [1.82, 2.24) is 10.2 Å². The fourth-order valence-corrected chi connectivity index (χ4v) is 2.92. The average molecular weight is 348 g/mol. The number of nitrogens with zero attached hydrogens (tertiary/aromatic N) is 1. The molecule has 1 heterocycles. The molecule has 25 heavy (non-hydrogen) atoms. The summed E-state index contributed by atoms with van der Waals surface area (Å²) in [6.45, 7) is 5.22. The van der Waals surface area contributed by atoms with Gasteiger partial charge in [-0.3, -0.25) is 9.59 Å². The SMILES string of the molecule is CC[C@@H](C)NC(=O)C1CCN(C(=O)c2cc(OC)cc(OC)c2)CC1. The van der Waals surface area contributed by atoms with Gasteiger partial charge in [0.1, 0.15) is 11.5 Å². The van der Waals surface area contributed by atoms with Gasteiger partial charge in [-0.2, -0.15) is 0 Å². The minimum absolute atomic E-state index is 0.0158. The number of amides is 2. The molecule has 0 unspecified atom stereocenters. The Labute approximate surface area is 149 Å². The van der Waals surface area contributed by atoms with Crippen molar-refractivity contribution in [2.45, 2.75) is 39.2 Å². The molecule has 1 fully saturated rings. The molecule has 1 aromatic carbocycles. The number of methoxy groups -OCH3 is 2. The number of ether oxygens (including phenoxy) is 2. The predicted octanol–water partition coefficient (Wildman–Crippen LogP) is 2.47. The summed E-state index contributed by atoms with van der Waals surface area (Å²) in [5.41, 5.74) is 0.540. The van der Waals surface area contributed by atoms with E-state index in [1.807, 2.05) is 6.92 Å². The largest absolute Gasteiger partial charge is 0.497 e. The van der Waals surface area contributed by atoms with Gasteiger partial charge < -0.3 is 19.7 Å². The van der Waals surface area contributed by atoms with E-state index in [2.05, 4.69) is 12.2 Å². The molecule has 1 aliphatic heterocycles. The number of carbonyl (C=O) groups excluding carboxylic acids is 2. The zero-order chi connectivity index (χ0) is 18.4. The maximum Gasteiger partial charge on any atom is 0.254 e. The summed E-state index contributed by atoms with van der Waals surface area (Å²) in [6.07, 6.45) is 2.30. The van der Waals surface area contributed by atoms with Gasteiger partial charge in [-0.05, 0) is 38.3 Å². The van der Waals surface area contributed by atoms with Crippen molar-refractivity contribution in [2.24, 2.45) is 5.92 Å². The molecular weight excluding hydrogens is 320 g/mol. The first-order valence-electron chi connectivity index (χ1n) is 8.81. The van der Waals surface area contributed by atoms with Crippen LogP contribution in [0, 0.1) is 5.92 Å². The molecule has 0 aliphatic carbocycles. The van der Waals surface area contributed by atoms with Crippen LogP contribution in [0.15, 0.2) is 18.2 Å². The number of nitrogens with one attached hydrogen (secondary N) is 1. The van der Waals surface area contributed by atoms with E-state index < -0.39 is 0 Å². The molecule has 138 valence electrons. The van der Waals surface area contributed by atoms with Crippen LogP contribution in [-0.2, 0) is 4.79 Å².